The Morgan fingerprint density at radius 3 is 2.45 bits per heavy atom. The molecule has 0 bridgehead atoms. The first-order valence-corrected chi connectivity index (χ1v) is 4.36. The smallest absolute Gasteiger partial charge is 0.325 e. The lowest BCUT2D eigenvalue weighted by Gasteiger charge is -2.12. The van der Waals surface area contributed by atoms with E-state index >= 15 is 0 Å². The van der Waals surface area contributed by atoms with E-state index in [9.17, 15) is 4.79 Å². The fourth-order valence-electron chi connectivity index (χ4n) is 0.682. The highest BCUT2D eigenvalue weighted by Gasteiger charge is 2.23. The van der Waals surface area contributed by atoms with Crippen molar-refractivity contribution in [3.63, 3.8) is 0 Å². The molecule has 0 radical (unpaired) electrons. The quantitative estimate of drug-likeness (QED) is 0.512. The van der Waals surface area contributed by atoms with Crippen molar-refractivity contribution in [3.8, 4) is 0 Å². The number of rotatable bonds is 4. The molecule has 0 aliphatic rings. The molecule has 0 aromatic heterocycles. The summed E-state index contributed by atoms with van der Waals surface area (Å²) in [4.78, 5) is 10.8. The van der Waals surface area contributed by atoms with Gasteiger partial charge < -0.3 is 4.74 Å². The Morgan fingerprint density at radius 1 is 1.55 bits per heavy atom. The molecule has 66 valence electrons. The van der Waals surface area contributed by atoms with Gasteiger partial charge in [0.25, 0.3) is 0 Å². The van der Waals surface area contributed by atoms with Crippen LogP contribution in [-0.2, 0) is 9.53 Å². The fourth-order valence-corrected chi connectivity index (χ4v) is 1.22. The Kier molecular flexibility index (Phi) is 5.69. The molecule has 0 saturated carbocycles. The molecule has 0 rings (SSSR count). The average Bonchev–Trinajstić information content (AvgIpc) is 2.02. The van der Waals surface area contributed by atoms with Crippen LogP contribution in [0.15, 0.2) is 0 Å². The Balaban J connectivity index is 3.80. The maximum absolute atomic E-state index is 10.8. The number of methoxy groups -OCH3 is 1. The molecule has 0 aromatic carbocycles. The van der Waals surface area contributed by atoms with Gasteiger partial charge in [0, 0.05) is 0 Å². The summed E-state index contributed by atoms with van der Waals surface area (Å²) in [7, 11) is 1.30. The molecule has 0 aromatic rings. The van der Waals surface area contributed by atoms with E-state index in [1.54, 1.807) is 0 Å². The van der Waals surface area contributed by atoms with E-state index in [0.29, 0.717) is 0 Å². The molecule has 11 heavy (non-hydrogen) atoms. The molecule has 0 aliphatic carbocycles. The number of halogens is 2. The van der Waals surface area contributed by atoms with Gasteiger partial charge in [0.2, 0.25) is 0 Å². The summed E-state index contributed by atoms with van der Waals surface area (Å²) in [6.45, 7) is 1.98. The van der Waals surface area contributed by atoms with Gasteiger partial charge in [0.05, 0.1) is 12.5 Å². The topological polar surface area (TPSA) is 26.3 Å². The summed E-state index contributed by atoms with van der Waals surface area (Å²) in [6.07, 6.45) is 1.64. The van der Waals surface area contributed by atoms with Crippen molar-refractivity contribution in [1.29, 1.82) is 0 Å². The fraction of sp³-hybridized carbons (Fsp3) is 0.857. The van der Waals surface area contributed by atoms with E-state index in [1.807, 2.05) is 6.92 Å². The zero-order valence-corrected chi connectivity index (χ0v) is 8.15. The summed E-state index contributed by atoms with van der Waals surface area (Å²) in [5.74, 6) is -0.458. The lowest BCUT2D eigenvalue weighted by Crippen LogP contribution is -2.26. The Hall–Kier alpha value is 0.0500. The van der Waals surface area contributed by atoms with Crippen LogP contribution >= 0.6 is 23.2 Å². The van der Waals surface area contributed by atoms with Crippen molar-refractivity contribution in [1.82, 2.24) is 0 Å². The standard InChI is InChI=1S/C7H12Cl2O2/c1-3-4-5(8)6(9)7(10)11-2/h5-6H,3-4H2,1-2H3/t5-,6-/m0/s1. The van der Waals surface area contributed by atoms with Crippen LogP contribution < -0.4 is 0 Å². The summed E-state index contributed by atoms with van der Waals surface area (Å²) in [5.41, 5.74) is 0. The van der Waals surface area contributed by atoms with E-state index in [4.69, 9.17) is 23.2 Å². The number of carbonyl (C=O) groups excluding carboxylic acids is 1. The van der Waals surface area contributed by atoms with Crippen LogP contribution in [0.3, 0.4) is 0 Å². The van der Waals surface area contributed by atoms with Gasteiger partial charge in [-0.25, -0.2) is 0 Å². The molecule has 2 nitrogen and oxygen atoms in total. The van der Waals surface area contributed by atoms with E-state index in [0.717, 1.165) is 12.8 Å². The molecule has 0 spiro atoms. The number of ether oxygens (including phenoxy) is 1. The summed E-state index contributed by atoms with van der Waals surface area (Å²) >= 11 is 11.4. The minimum absolute atomic E-state index is 0.325. The number of esters is 1. The normalized spacial score (nSPS) is 15.6. The summed E-state index contributed by atoms with van der Waals surface area (Å²) in [5, 5.41) is -1.05. The number of hydrogen-bond donors (Lipinski definition) is 0. The van der Waals surface area contributed by atoms with Crippen LogP contribution in [-0.4, -0.2) is 23.8 Å². The van der Waals surface area contributed by atoms with Gasteiger partial charge in [-0.05, 0) is 6.42 Å². The van der Waals surface area contributed by atoms with Crippen molar-refractivity contribution < 1.29 is 9.53 Å². The van der Waals surface area contributed by atoms with Gasteiger partial charge in [0.1, 0.15) is 5.38 Å². The van der Waals surface area contributed by atoms with Crippen LogP contribution in [0.1, 0.15) is 19.8 Å². The molecule has 0 fully saturated rings. The average molecular weight is 199 g/mol. The van der Waals surface area contributed by atoms with Crippen molar-refractivity contribution in [2.75, 3.05) is 7.11 Å². The van der Waals surface area contributed by atoms with Crippen LogP contribution in [0.25, 0.3) is 0 Å². The van der Waals surface area contributed by atoms with Gasteiger partial charge in [-0.2, -0.15) is 0 Å². The third-order valence-corrected chi connectivity index (χ3v) is 2.39. The van der Waals surface area contributed by atoms with E-state index in [-0.39, 0.29) is 5.38 Å². The first kappa shape index (κ1) is 11.1. The molecular weight excluding hydrogens is 187 g/mol. The summed E-state index contributed by atoms with van der Waals surface area (Å²) < 4.78 is 4.42. The minimum atomic E-state index is -0.721. The second kappa shape index (κ2) is 5.67. The SMILES string of the molecule is CCC[C@H](Cl)[C@H](Cl)C(=O)OC. The monoisotopic (exact) mass is 198 g/mol. The van der Waals surface area contributed by atoms with Crippen molar-refractivity contribution in [2.24, 2.45) is 0 Å². The second-order valence-corrected chi connectivity index (χ2v) is 3.26. The van der Waals surface area contributed by atoms with Crippen molar-refractivity contribution in [3.05, 3.63) is 0 Å². The molecule has 0 unspecified atom stereocenters. The maximum Gasteiger partial charge on any atom is 0.325 e. The zero-order chi connectivity index (χ0) is 8.85. The number of alkyl halides is 2. The predicted molar refractivity (Wildman–Crippen MR) is 46.2 cm³/mol. The van der Waals surface area contributed by atoms with E-state index < -0.39 is 11.3 Å². The van der Waals surface area contributed by atoms with Crippen molar-refractivity contribution >= 4 is 29.2 Å². The number of hydrogen-bond acceptors (Lipinski definition) is 2. The Labute approximate surface area is 76.8 Å². The highest BCUT2D eigenvalue weighted by atomic mass is 35.5. The molecule has 0 saturated heterocycles. The van der Waals surface area contributed by atoms with Crippen LogP contribution in [0.4, 0.5) is 0 Å². The molecule has 0 aliphatic heterocycles. The zero-order valence-electron chi connectivity index (χ0n) is 6.64. The van der Waals surface area contributed by atoms with Gasteiger partial charge in [-0.1, -0.05) is 13.3 Å². The van der Waals surface area contributed by atoms with E-state index in [1.165, 1.54) is 7.11 Å². The van der Waals surface area contributed by atoms with E-state index in [2.05, 4.69) is 4.74 Å². The Morgan fingerprint density at radius 2 is 2.09 bits per heavy atom. The predicted octanol–water partition coefficient (Wildman–Crippen LogP) is 2.17. The van der Waals surface area contributed by atoms with Crippen molar-refractivity contribution in [2.45, 2.75) is 30.5 Å². The van der Waals surface area contributed by atoms with Gasteiger partial charge >= 0.3 is 5.97 Å². The third kappa shape index (κ3) is 3.82. The molecule has 4 heteroatoms. The van der Waals surface area contributed by atoms with Crippen LogP contribution in [0.2, 0.25) is 0 Å². The third-order valence-electron chi connectivity index (χ3n) is 1.31. The van der Waals surface area contributed by atoms with Gasteiger partial charge in [0.15, 0.2) is 0 Å². The number of carbonyl (C=O) groups is 1. The first-order chi connectivity index (χ1) is 5.13. The molecular formula is C7H12Cl2O2. The highest BCUT2D eigenvalue weighted by molar-refractivity contribution is 6.36. The lowest BCUT2D eigenvalue weighted by atomic mass is 10.2. The molecule has 0 N–H and O–H groups in total. The molecule has 2 atom stereocenters. The highest BCUT2D eigenvalue weighted by Crippen LogP contribution is 2.16. The molecule has 0 amide bonds. The first-order valence-electron chi connectivity index (χ1n) is 3.49. The van der Waals surface area contributed by atoms with Gasteiger partial charge in [-0.3, -0.25) is 4.79 Å². The largest absolute Gasteiger partial charge is 0.468 e. The maximum atomic E-state index is 10.8. The minimum Gasteiger partial charge on any atom is -0.468 e. The van der Waals surface area contributed by atoms with Gasteiger partial charge in [-0.15, -0.1) is 23.2 Å². The van der Waals surface area contributed by atoms with Crippen LogP contribution in [0.5, 0.6) is 0 Å². The lowest BCUT2D eigenvalue weighted by molar-refractivity contribution is -0.140. The second-order valence-electron chi connectivity index (χ2n) is 2.23. The Bertz CT molecular complexity index is 128. The van der Waals surface area contributed by atoms with Crippen LogP contribution in [0, 0.1) is 0 Å². The molecule has 0 heterocycles. The summed E-state index contributed by atoms with van der Waals surface area (Å²) in [6, 6.07) is 0.